The van der Waals surface area contributed by atoms with Crippen molar-refractivity contribution in [1.82, 2.24) is 20.0 Å². The molecule has 1 atom stereocenters. The van der Waals surface area contributed by atoms with E-state index in [9.17, 15) is 27.6 Å². The van der Waals surface area contributed by atoms with Gasteiger partial charge in [0.15, 0.2) is 0 Å². The van der Waals surface area contributed by atoms with Crippen LogP contribution < -0.4 is 10.2 Å². The van der Waals surface area contributed by atoms with Gasteiger partial charge in [0.2, 0.25) is 5.91 Å². The molecule has 40 heavy (non-hydrogen) atoms. The minimum atomic E-state index is -4.42. The number of anilines is 1. The topological polar surface area (TPSA) is 76.2 Å². The smallest absolute Gasteiger partial charge is 0.368 e. The molecule has 4 amide bonds. The summed E-state index contributed by atoms with van der Waals surface area (Å²) in [5, 5.41) is 3.36. The van der Waals surface area contributed by atoms with E-state index in [-0.39, 0.29) is 42.4 Å². The molecule has 0 aromatic heterocycles. The summed E-state index contributed by atoms with van der Waals surface area (Å²) in [5.74, 6) is -0.455. The Morgan fingerprint density at radius 3 is 2.45 bits per heavy atom. The molecule has 0 spiro atoms. The highest BCUT2D eigenvalue weighted by Gasteiger charge is 2.43. The molecular formula is C27H26Cl2F3N5O3. The summed E-state index contributed by atoms with van der Waals surface area (Å²) in [6.45, 7) is 1.82. The van der Waals surface area contributed by atoms with Crippen LogP contribution in [0.2, 0.25) is 10.0 Å². The van der Waals surface area contributed by atoms with Gasteiger partial charge in [0.1, 0.15) is 0 Å². The number of hydrogen-bond donors (Lipinski definition) is 1. The Morgan fingerprint density at radius 1 is 1.05 bits per heavy atom. The number of alkyl halides is 3. The van der Waals surface area contributed by atoms with E-state index in [1.807, 2.05) is 4.90 Å². The van der Waals surface area contributed by atoms with Crippen molar-refractivity contribution in [3.05, 3.63) is 74.9 Å². The van der Waals surface area contributed by atoms with E-state index in [0.29, 0.717) is 53.7 Å². The molecule has 13 heteroatoms. The second-order valence-corrected chi connectivity index (χ2v) is 10.6. The fourth-order valence-electron chi connectivity index (χ4n) is 5.26. The maximum absolute atomic E-state index is 13.5. The van der Waals surface area contributed by atoms with E-state index >= 15 is 0 Å². The maximum Gasteiger partial charge on any atom is 0.416 e. The molecule has 2 aromatic carbocycles. The standard InChI is InChI=1S/C27H26Cl2F3N5O3/c1-34-20-15-37(25(39)22(20)24(33-26(34)40)18-6-3-7-19(28)23(18)29)9-8-21(38)36-12-10-35(11-13-36)17-5-2-4-16(14-17)27(30,31)32/h2-7,14,24H,8-13,15H2,1H3,(H,33,40). The van der Waals surface area contributed by atoms with Crippen molar-refractivity contribution < 1.29 is 27.6 Å². The van der Waals surface area contributed by atoms with Crippen LogP contribution in [-0.4, -0.2) is 78.9 Å². The molecule has 3 aliphatic rings. The first-order valence-corrected chi connectivity index (χ1v) is 13.4. The highest BCUT2D eigenvalue weighted by molar-refractivity contribution is 6.42. The average molecular weight is 596 g/mol. The fraction of sp³-hybridized carbons (Fsp3) is 0.370. The number of carbonyl (C=O) groups excluding carboxylic acids is 3. The van der Waals surface area contributed by atoms with E-state index in [0.717, 1.165) is 12.1 Å². The number of benzene rings is 2. The zero-order valence-electron chi connectivity index (χ0n) is 21.5. The largest absolute Gasteiger partial charge is 0.416 e. The zero-order chi connectivity index (χ0) is 28.8. The summed E-state index contributed by atoms with van der Waals surface area (Å²) >= 11 is 12.6. The third-order valence-corrected chi connectivity index (χ3v) is 8.33. The molecular weight excluding hydrogens is 570 g/mol. The molecule has 1 saturated heterocycles. The van der Waals surface area contributed by atoms with Crippen molar-refractivity contribution >= 4 is 46.7 Å². The van der Waals surface area contributed by atoms with Crippen LogP contribution in [0.15, 0.2) is 53.7 Å². The first kappa shape index (κ1) is 28.1. The van der Waals surface area contributed by atoms with Crippen molar-refractivity contribution in [2.45, 2.75) is 18.6 Å². The fourth-order valence-corrected chi connectivity index (χ4v) is 5.68. The van der Waals surface area contributed by atoms with Gasteiger partial charge in [-0.2, -0.15) is 13.2 Å². The van der Waals surface area contributed by atoms with Crippen LogP contribution in [0.5, 0.6) is 0 Å². The molecule has 212 valence electrons. The molecule has 0 saturated carbocycles. The molecule has 1 N–H and O–H groups in total. The summed E-state index contributed by atoms with van der Waals surface area (Å²) in [5.41, 5.74) is 1.18. The monoisotopic (exact) mass is 595 g/mol. The van der Waals surface area contributed by atoms with Gasteiger partial charge in [0, 0.05) is 51.9 Å². The molecule has 8 nitrogen and oxygen atoms in total. The van der Waals surface area contributed by atoms with E-state index in [4.69, 9.17) is 23.2 Å². The van der Waals surface area contributed by atoms with Gasteiger partial charge in [-0.1, -0.05) is 41.4 Å². The number of nitrogens with zero attached hydrogens (tertiary/aromatic N) is 4. The Hall–Kier alpha value is -3.44. The van der Waals surface area contributed by atoms with Crippen molar-refractivity contribution in [3.8, 4) is 0 Å². The number of halogens is 5. The van der Waals surface area contributed by atoms with Gasteiger partial charge in [-0.3, -0.25) is 14.5 Å². The van der Waals surface area contributed by atoms with Crippen LogP contribution in [-0.2, 0) is 15.8 Å². The minimum absolute atomic E-state index is 0.0730. The normalized spacial score (nSPS) is 19.8. The first-order chi connectivity index (χ1) is 19.0. The number of piperazine rings is 1. The van der Waals surface area contributed by atoms with Crippen LogP contribution in [0, 0.1) is 0 Å². The number of carbonyl (C=O) groups is 3. The second-order valence-electron chi connectivity index (χ2n) is 9.84. The Balaban J connectivity index is 1.21. The Labute approximate surface area is 238 Å². The molecule has 1 fully saturated rings. The van der Waals surface area contributed by atoms with Gasteiger partial charge in [-0.25, -0.2) is 4.79 Å². The Kier molecular flexibility index (Phi) is 7.62. The molecule has 0 bridgehead atoms. The first-order valence-electron chi connectivity index (χ1n) is 12.7. The zero-order valence-corrected chi connectivity index (χ0v) is 23.0. The van der Waals surface area contributed by atoms with Crippen LogP contribution >= 0.6 is 23.2 Å². The van der Waals surface area contributed by atoms with Gasteiger partial charge < -0.3 is 20.0 Å². The van der Waals surface area contributed by atoms with Crippen molar-refractivity contribution in [2.24, 2.45) is 0 Å². The molecule has 0 radical (unpaired) electrons. The lowest BCUT2D eigenvalue weighted by Crippen LogP contribution is -2.49. The van der Waals surface area contributed by atoms with E-state index in [1.54, 1.807) is 36.2 Å². The van der Waals surface area contributed by atoms with Crippen molar-refractivity contribution in [3.63, 3.8) is 0 Å². The minimum Gasteiger partial charge on any atom is -0.368 e. The summed E-state index contributed by atoms with van der Waals surface area (Å²) in [6, 6.07) is 9.00. The lowest BCUT2D eigenvalue weighted by Gasteiger charge is -2.36. The lowest BCUT2D eigenvalue weighted by molar-refractivity contribution is -0.137. The van der Waals surface area contributed by atoms with E-state index in [1.165, 1.54) is 15.9 Å². The van der Waals surface area contributed by atoms with Crippen molar-refractivity contribution in [2.75, 3.05) is 51.2 Å². The summed E-state index contributed by atoms with van der Waals surface area (Å²) in [6.07, 6.45) is -4.35. The number of likely N-dealkylation sites (N-methyl/N-ethyl adjacent to an activating group) is 1. The van der Waals surface area contributed by atoms with Gasteiger partial charge >= 0.3 is 12.2 Å². The molecule has 5 rings (SSSR count). The van der Waals surface area contributed by atoms with Crippen LogP contribution in [0.4, 0.5) is 23.7 Å². The molecule has 1 unspecified atom stereocenters. The number of amides is 4. The SMILES string of the molecule is CN1C(=O)NC(c2cccc(Cl)c2Cl)C2=C1CN(CCC(=O)N1CCN(c3cccc(C(F)(F)F)c3)CC1)C2=O. The summed E-state index contributed by atoms with van der Waals surface area (Å²) in [7, 11) is 1.58. The molecule has 2 aromatic rings. The predicted molar refractivity (Wildman–Crippen MR) is 144 cm³/mol. The number of hydrogen-bond acceptors (Lipinski definition) is 4. The molecule has 0 aliphatic carbocycles. The number of nitrogens with one attached hydrogen (secondary N) is 1. The van der Waals surface area contributed by atoms with E-state index in [2.05, 4.69) is 5.32 Å². The average Bonchev–Trinajstić information content (AvgIpc) is 3.27. The van der Waals surface area contributed by atoms with Crippen LogP contribution in [0.1, 0.15) is 23.6 Å². The highest BCUT2D eigenvalue weighted by atomic mass is 35.5. The van der Waals surface area contributed by atoms with Crippen LogP contribution in [0.3, 0.4) is 0 Å². The second kappa shape index (κ2) is 10.9. The molecule has 3 aliphatic heterocycles. The third kappa shape index (κ3) is 5.32. The van der Waals surface area contributed by atoms with Gasteiger partial charge in [0.25, 0.3) is 5.91 Å². The summed E-state index contributed by atoms with van der Waals surface area (Å²) < 4.78 is 39.3. The Bertz CT molecular complexity index is 1390. The lowest BCUT2D eigenvalue weighted by atomic mass is 9.95. The molecule has 3 heterocycles. The number of rotatable bonds is 5. The quantitative estimate of drug-likeness (QED) is 0.550. The highest BCUT2D eigenvalue weighted by Crippen LogP contribution is 2.40. The van der Waals surface area contributed by atoms with E-state index < -0.39 is 17.8 Å². The van der Waals surface area contributed by atoms with Gasteiger partial charge in [-0.05, 0) is 29.8 Å². The predicted octanol–water partition coefficient (Wildman–Crippen LogP) is 4.54. The summed E-state index contributed by atoms with van der Waals surface area (Å²) in [4.78, 5) is 45.5. The van der Waals surface area contributed by atoms with Crippen molar-refractivity contribution in [1.29, 1.82) is 0 Å². The maximum atomic E-state index is 13.5. The van der Waals surface area contributed by atoms with Gasteiger partial charge in [-0.15, -0.1) is 0 Å². The Morgan fingerprint density at radius 2 is 1.75 bits per heavy atom. The van der Waals surface area contributed by atoms with Gasteiger partial charge in [0.05, 0.1) is 39.5 Å². The third-order valence-electron chi connectivity index (χ3n) is 7.49. The number of urea groups is 1. The van der Waals surface area contributed by atoms with Crippen LogP contribution in [0.25, 0.3) is 0 Å².